The summed E-state index contributed by atoms with van der Waals surface area (Å²) >= 11 is 0. The van der Waals surface area contributed by atoms with Crippen molar-refractivity contribution >= 4 is 0 Å². The van der Waals surface area contributed by atoms with Crippen molar-refractivity contribution in [2.75, 3.05) is 13.7 Å². The van der Waals surface area contributed by atoms with Crippen LogP contribution < -0.4 is 5.32 Å². The van der Waals surface area contributed by atoms with Gasteiger partial charge in [0.25, 0.3) is 0 Å². The normalized spacial score (nSPS) is 25.9. The topological polar surface area (TPSA) is 24.5 Å². The van der Waals surface area contributed by atoms with Crippen molar-refractivity contribution in [1.82, 2.24) is 10.4 Å². The van der Waals surface area contributed by atoms with Crippen molar-refractivity contribution in [1.29, 1.82) is 0 Å². The van der Waals surface area contributed by atoms with Crippen LogP contribution in [0.2, 0.25) is 0 Å². The molecule has 0 unspecified atom stereocenters. The van der Waals surface area contributed by atoms with Crippen LogP contribution in [0.25, 0.3) is 0 Å². The standard InChI is InChI=1S/C13H28N2O/c1-7-8-16-15-12(2,3)9-11(14-6)10-13(15,4)5/h11,14H,7-10H2,1-6H3. The highest BCUT2D eigenvalue weighted by molar-refractivity contribution is 4.98. The van der Waals surface area contributed by atoms with E-state index in [9.17, 15) is 0 Å². The molecule has 1 saturated heterocycles. The van der Waals surface area contributed by atoms with Gasteiger partial charge in [-0.05, 0) is 54.0 Å². The lowest BCUT2D eigenvalue weighted by atomic mass is 9.79. The third kappa shape index (κ3) is 2.96. The first-order valence-corrected chi connectivity index (χ1v) is 6.44. The molecular weight excluding hydrogens is 200 g/mol. The number of hydrogen-bond donors (Lipinski definition) is 1. The molecule has 0 saturated carbocycles. The Kier molecular flexibility index (Phi) is 4.38. The zero-order valence-corrected chi connectivity index (χ0v) is 11.8. The first kappa shape index (κ1) is 13.9. The first-order valence-electron chi connectivity index (χ1n) is 6.44. The minimum Gasteiger partial charge on any atom is -0.317 e. The van der Waals surface area contributed by atoms with Crippen LogP contribution >= 0.6 is 0 Å². The minimum atomic E-state index is 0.102. The Balaban J connectivity index is 2.79. The summed E-state index contributed by atoms with van der Waals surface area (Å²) in [6, 6.07) is 0.589. The van der Waals surface area contributed by atoms with Crippen LogP contribution in [0.5, 0.6) is 0 Å². The van der Waals surface area contributed by atoms with Crippen LogP contribution in [0.1, 0.15) is 53.9 Å². The third-order valence-corrected chi connectivity index (χ3v) is 3.42. The molecule has 0 aromatic carbocycles. The van der Waals surface area contributed by atoms with E-state index < -0.39 is 0 Å². The molecule has 1 aliphatic heterocycles. The maximum absolute atomic E-state index is 5.96. The van der Waals surface area contributed by atoms with Gasteiger partial charge in [0.2, 0.25) is 0 Å². The largest absolute Gasteiger partial charge is 0.317 e. The van der Waals surface area contributed by atoms with E-state index in [0.29, 0.717) is 6.04 Å². The molecular formula is C13H28N2O. The van der Waals surface area contributed by atoms with Gasteiger partial charge in [-0.1, -0.05) is 6.92 Å². The van der Waals surface area contributed by atoms with E-state index in [2.05, 4.69) is 52.0 Å². The second kappa shape index (κ2) is 5.03. The van der Waals surface area contributed by atoms with Crippen LogP contribution in [0.4, 0.5) is 0 Å². The van der Waals surface area contributed by atoms with E-state index in [1.807, 2.05) is 0 Å². The number of rotatable bonds is 4. The van der Waals surface area contributed by atoms with Gasteiger partial charge < -0.3 is 5.32 Å². The highest BCUT2D eigenvalue weighted by Gasteiger charge is 2.45. The van der Waals surface area contributed by atoms with E-state index in [1.54, 1.807) is 0 Å². The van der Waals surface area contributed by atoms with Crippen molar-refractivity contribution in [2.24, 2.45) is 0 Å². The molecule has 0 spiro atoms. The van der Waals surface area contributed by atoms with Gasteiger partial charge in [-0.15, -0.1) is 0 Å². The molecule has 0 aromatic rings. The summed E-state index contributed by atoms with van der Waals surface area (Å²) in [5.74, 6) is 0. The maximum atomic E-state index is 5.96. The summed E-state index contributed by atoms with van der Waals surface area (Å²) in [6.07, 6.45) is 3.34. The Morgan fingerprint density at radius 3 is 2.06 bits per heavy atom. The molecule has 0 amide bonds. The number of nitrogens with zero attached hydrogens (tertiary/aromatic N) is 1. The molecule has 3 nitrogen and oxygen atoms in total. The average molecular weight is 228 g/mol. The summed E-state index contributed by atoms with van der Waals surface area (Å²) < 4.78 is 0. The van der Waals surface area contributed by atoms with Gasteiger partial charge in [-0.25, -0.2) is 0 Å². The Bertz CT molecular complexity index is 208. The van der Waals surface area contributed by atoms with Gasteiger partial charge in [-0.2, -0.15) is 5.06 Å². The monoisotopic (exact) mass is 228 g/mol. The fourth-order valence-electron chi connectivity index (χ4n) is 3.00. The molecule has 1 aliphatic rings. The van der Waals surface area contributed by atoms with Crippen molar-refractivity contribution in [2.45, 2.75) is 71.0 Å². The first-order chi connectivity index (χ1) is 7.33. The highest BCUT2D eigenvalue weighted by atomic mass is 16.7. The molecule has 0 radical (unpaired) electrons. The third-order valence-electron chi connectivity index (χ3n) is 3.42. The molecule has 1 heterocycles. The van der Waals surface area contributed by atoms with Gasteiger partial charge in [0, 0.05) is 17.1 Å². The fourth-order valence-corrected chi connectivity index (χ4v) is 3.00. The molecule has 1 rings (SSSR count). The van der Waals surface area contributed by atoms with Crippen molar-refractivity contribution in [3.05, 3.63) is 0 Å². The lowest BCUT2D eigenvalue weighted by molar-refractivity contribution is -0.283. The Labute approximate surface area is 100 Å². The quantitative estimate of drug-likeness (QED) is 0.800. The molecule has 1 N–H and O–H groups in total. The van der Waals surface area contributed by atoms with Crippen LogP contribution in [0.3, 0.4) is 0 Å². The van der Waals surface area contributed by atoms with Crippen LogP contribution in [-0.4, -0.2) is 35.8 Å². The predicted octanol–water partition coefficient (Wildman–Crippen LogP) is 2.57. The highest BCUT2D eigenvalue weighted by Crippen LogP contribution is 2.38. The number of hydroxylamine groups is 2. The summed E-state index contributed by atoms with van der Waals surface area (Å²) in [7, 11) is 2.05. The summed E-state index contributed by atoms with van der Waals surface area (Å²) in [6.45, 7) is 12.1. The smallest absolute Gasteiger partial charge is 0.0683 e. The van der Waals surface area contributed by atoms with Gasteiger partial charge in [0.1, 0.15) is 0 Å². The van der Waals surface area contributed by atoms with Crippen LogP contribution in [0, 0.1) is 0 Å². The van der Waals surface area contributed by atoms with Gasteiger partial charge in [-0.3, -0.25) is 4.84 Å². The Morgan fingerprint density at radius 2 is 1.69 bits per heavy atom. The molecule has 1 fully saturated rings. The molecule has 0 aliphatic carbocycles. The lowest BCUT2D eigenvalue weighted by Gasteiger charge is -2.53. The van der Waals surface area contributed by atoms with Gasteiger partial charge >= 0.3 is 0 Å². The molecule has 0 aromatic heterocycles. The molecule has 16 heavy (non-hydrogen) atoms. The van der Waals surface area contributed by atoms with E-state index >= 15 is 0 Å². The van der Waals surface area contributed by atoms with Crippen LogP contribution in [-0.2, 0) is 4.84 Å². The fraction of sp³-hybridized carbons (Fsp3) is 1.00. The van der Waals surface area contributed by atoms with E-state index in [-0.39, 0.29) is 11.1 Å². The zero-order valence-electron chi connectivity index (χ0n) is 11.8. The van der Waals surface area contributed by atoms with Crippen molar-refractivity contribution in [3.63, 3.8) is 0 Å². The van der Waals surface area contributed by atoms with Gasteiger partial charge in [0.15, 0.2) is 0 Å². The number of nitrogens with one attached hydrogen (secondary N) is 1. The molecule has 96 valence electrons. The summed E-state index contributed by atoms with van der Waals surface area (Å²) in [5.41, 5.74) is 0.204. The Morgan fingerprint density at radius 1 is 1.19 bits per heavy atom. The van der Waals surface area contributed by atoms with E-state index in [1.165, 1.54) is 0 Å². The van der Waals surface area contributed by atoms with Crippen molar-refractivity contribution < 1.29 is 4.84 Å². The maximum Gasteiger partial charge on any atom is 0.0683 e. The van der Waals surface area contributed by atoms with E-state index in [0.717, 1.165) is 25.9 Å². The second-order valence-electron chi connectivity index (χ2n) is 6.15. The Hall–Kier alpha value is -0.120. The van der Waals surface area contributed by atoms with Crippen LogP contribution in [0.15, 0.2) is 0 Å². The predicted molar refractivity (Wildman–Crippen MR) is 68.3 cm³/mol. The van der Waals surface area contributed by atoms with Gasteiger partial charge in [0.05, 0.1) is 6.61 Å². The second-order valence-corrected chi connectivity index (χ2v) is 6.15. The average Bonchev–Trinajstić information content (AvgIpc) is 2.14. The minimum absolute atomic E-state index is 0.102. The number of piperidine rings is 1. The lowest BCUT2D eigenvalue weighted by Crippen LogP contribution is -2.63. The zero-order chi connectivity index (χ0) is 12.4. The number of hydrogen-bond acceptors (Lipinski definition) is 3. The molecule has 3 heteroatoms. The summed E-state index contributed by atoms with van der Waals surface area (Å²) in [5, 5.41) is 5.63. The SMILES string of the molecule is CCCON1C(C)(C)CC(NC)CC1(C)C. The van der Waals surface area contributed by atoms with Crippen molar-refractivity contribution in [3.8, 4) is 0 Å². The van der Waals surface area contributed by atoms with E-state index in [4.69, 9.17) is 4.84 Å². The molecule has 0 atom stereocenters. The summed E-state index contributed by atoms with van der Waals surface area (Å²) in [4.78, 5) is 5.96. The molecule has 0 bridgehead atoms.